The summed E-state index contributed by atoms with van der Waals surface area (Å²) in [7, 11) is 0. The number of azide groups is 1. The third kappa shape index (κ3) is 4.00. The molecular formula is C14H15N5O3. The number of pyridine rings is 1. The fourth-order valence-corrected chi connectivity index (χ4v) is 1.64. The van der Waals surface area contributed by atoms with Crippen molar-refractivity contribution in [3.8, 4) is 11.5 Å². The van der Waals surface area contributed by atoms with E-state index in [4.69, 9.17) is 14.7 Å². The maximum atomic E-state index is 11.8. The quantitative estimate of drug-likeness (QED) is 0.505. The molecular weight excluding hydrogens is 286 g/mol. The van der Waals surface area contributed by atoms with E-state index in [0.717, 1.165) is 0 Å². The molecule has 0 spiro atoms. The van der Waals surface area contributed by atoms with E-state index in [1.807, 2.05) is 0 Å². The fraction of sp³-hybridized carbons (Fsp3) is 0.286. The van der Waals surface area contributed by atoms with E-state index in [-0.39, 0.29) is 11.4 Å². The molecule has 114 valence electrons. The SMILES string of the molecule is CC(C)(C)OC(=O)Nc1cnc(-c2ccco2)cc1N=[N+]=[N-]. The summed E-state index contributed by atoms with van der Waals surface area (Å²) in [6.45, 7) is 5.25. The maximum absolute atomic E-state index is 11.8. The molecule has 2 heterocycles. The predicted molar refractivity (Wildman–Crippen MR) is 80.6 cm³/mol. The second-order valence-electron chi connectivity index (χ2n) is 5.38. The Bertz CT molecular complexity index is 713. The van der Waals surface area contributed by atoms with Gasteiger partial charge in [0.2, 0.25) is 0 Å². The van der Waals surface area contributed by atoms with Gasteiger partial charge < -0.3 is 9.15 Å². The molecule has 0 fully saturated rings. The van der Waals surface area contributed by atoms with Crippen molar-refractivity contribution >= 4 is 17.5 Å². The third-order valence-electron chi connectivity index (χ3n) is 2.44. The number of rotatable bonds is 3. The molecule has 0 aliphatic heterocycles. The van der Waals surface area contributed by atoms with E-state index in [0.29, 0.717) is 11.5 Å². The van der Waals surface area contributed by atoms with Gasteiger partial charge in [-0.15, -0.1) is 0 Å². The molecule has 1 amide bonds. The summed E-state index contributed by atoms with van der Waals surface area (Å²) in [5, 5.41) is 6.06. The van der Waals surface area contributed by atoms with Crippen LogP contribution in [0.25, 0.3) is 21.9 Å². The molecule has 0 radical (unpaired) electrons. The molecule has 0 aliphatic rings. The molecule has 8 heteroatoms. The van der Waals surface area contributed by atoms with E-state index in [1.54, 1.807) is 32.9 Å². The highest BCUT2D eigenvalue weighted by atomic mass is 16.6. The number of hydrogen-bond donors (Lipinski definition) is 1. The van der Waals surface area contributed by atoms with Gasteiger partial charge >= 0.3 is 6.09 Å². The van der Waals surface area contributed by atoms with Gasteiger partial charge in [0.15, 0.2) is 5.76 Å². The lowest BCUT2D eigenvalue weighted by Gasteiger charge is -2.20. The minimum Gasteiger partial charge on any atom is -0.463 e. The van der Waals surface area contributed by atoms with Gasteiger partial charge in [-0.25, -0.2) is 4.79 Å². The Morgan fingerprint density at radius 3 is 2.86 bits per heavy atom. The van der Waals surface area contributed by atoms with Crippen LogP contribution in [0.2, 0.25) is 0 Å². The van der Waals surface area contributed by atoms with E-state index < -0.39 is 11.7 Å². The van der Waals surface area contributed by atoms with Gasteiger partial charge in [0.1, 0.15) is 11.3 Å². The number of furan rings is 1. The van der Waals surface area contributed by atoms with Crippen LogP contribution in [0.3, 0.4) is 0 Å². The Kier molecular flexibility index (Phi) is 4.33. The first kappa shape index (κ1) is 15.4. The van der Waals surface area contributed by atoms with Crippen molar-refractivity contribution in [2.75, 3.05) is 5.32 Å². The van der Waals surface area contributed by atoms with E-state index >= 15 is 0 Å². The number of carbonyl (C=O) groups excluding carboxylic acids is 1. The first-order valence-corrected chi connectivity index (χ1v) is 6.48. The van der Waals surface area contributed by atoms with E-state index in [2.05, 4.69) is 20.3 Å². The van der Waals surface area contributed by atoms with Crippen LogP contribution in [-0.4, -0.2) is 16.7 Å². The molecule has 0 bridgehead atoms. The Morgan fingerprint density at radius 2 is 2.27 bits per heavy atom. The van der Waals surface area contributed by atoms with Gasteiger partial charge in [-0.05, 0) is 44.5 Å². The van der Waals surface area contributed by atoms with E-state index in [1.165, 1.54) is 18.5 Å². The molecule has 0 saturated carbocycles. The zero-order valence-electron chi connectivity index (χ0n) is 12.4. The first-order chi connectivity index (χ1) is 10.4. The van der Waals surface area contributed by atoms with Crippen molar-refractivity contribution in [3.63, 3.8) is 0 Å². The number of amides is 1. The van der Waals surface area contributed by atoms with Crippen molar-refractivity contribution in [3.05, 3.63) is 41.1 Å². The van der Waals surface area contributed by atoms with Gasteiger partial charge in [0.05, 0.1) is 23.8 Å². The summed E-state index contributed by atoms with van der Waals surface area (Å²) < 4.78 is 10.4. The molecule has 2 aromatic heterocycles. The number of nitrogens with one attached hydrogen (secondary N) is 1. The maximum Gasteiger partial charge on any atom is 0.412 e. The number of anilines is 1. The van der Waals surface area contributed by atoms with Gasteiger partial charge in [0.25, 0.3) is 0 Å². The van der Waals surface area contributed by atoms with Crippen LogP contribution in [-0.2, 0) is 4.74 Å². The highest BCUT2D eigenvalue weighted by Crippen LogP contribution is 2.30. The summed E-state index contributed by atoms with van der Waals surface area (Å²) in [5.41, 5.74) is 8.98. The average molecular weight is 301 g/mol. The lowest BCUT2D eigenvalue weighted by molar-refractivity contribution is 0.0636. The van der Waals surface area contributed by atoms with Crippen LogP contribution in [0, 0.1) is 0 Å². The molecule has 0 aromatic carbocycles. The van der Waals surface area contributed by atoms with Crippen LogP contribution in [0.15, 0.2) is 40.2 Å². The molecule has 22 heavy (non-hydrogen) atoms. The topological polar surface area (TPSA) is 113 Å². The minimum absolute atomic E-state index is 0.217. The average Bonchev–Trinajstić information content (AvgIpc) is 2.92. The van der Waals surface area contributed by atoms with Gasteiger partial charge in [-0.3, -0.25) is 10.3 Å². The highest BCUT2D eigenvalue weighted by Gasteiger charge is 2.17. The largest absolute Gasteiger partial charge is 0.463 e. The standard InChI is InChI=1S/C14H15N5O3/c1-14(2,3)22-13(20)17-11-8-16-10(7-9(11)18-19-15)12-5-4-6-21-12/h4-8H,1-3H3,(H,17,20). The number of hydrogen-bond acceptors (Lipinski definition) is 5. The van der Waals surface area contributed by atoms with Gasteiger partial charge in [-0.1, -0.05) is 5.11 Å². The Morgan fingerprint density at radius 1 is 1.50 bits per heavy atom. The molecule has 2 aromatic rings. The third-order valence-corrected chi connectivity index (χ3v) is 2.44. The molecule has 0 atom stereocenters. The van der Waals surface area contributed by atoms with Gasteiger partial charge in [0, 0.05) is 4.91 Å². The molecule has 2 rings (SSSR count). The smallest absolute Gasteiger partial charge is 0.412 e. The lowest BCUT2D eigenvalue weighted by Crippen LogP contribution is -2.27. The second-order valence-corrected chi connectivity index (χ2v) is 5.38. The van der Waals surface area contributed by atoms with Crippen molar-refractivity contribution in [2.24, 2.45) is 5.11 Å². The first-order valence-electron chi connectivity index (χ1n) is 6.48. The molecule has 0 unspecified atom stereocenters. The Balaban J connectivity index is 2.28. The van der Waals surface area contributed by atoms with Crippen molar-refractivity contribution < 1.29 is 13.9 Å². The summed E-state index contributed by atoms with van der Waals surface area (Å²) in [5.74, 6) is 0.526. The molecule has 1 N–H and O–H groups in total. The Labute approximate surface area is 126 Å². The summed E-state index contributed by atoms with van der Waals surface area (Å²) in [6, 6.07) is 4.96. The molecule has 8 nitrogen and oxygen atoms in total. The summed E-state index contributed by atoms with van der Waals surface area (Å²) >= 11 is 0. The normalized spacial score (nSPS) is 10.7. The highest BCUT2D eigenvalue weighted by molar-refractivity contribution is 5.89. The molecule has 0 saturated heterocycles. The second kappa shape index (κ2) is 6.19. The zero-order valence-corrected chi connectivity index (χ0v) is 12.4. The van der Waals surface area contributed by atoms with Crippen LogP contribution in [0.4, 0.5) is 16.2 Å². The lowest BCUT2D eigenvalue weighted by atomic mass is 10.2. The Hall–Kier alpha value is -2.99. The number of ether oxygens (including phenoxy) is 1. The van der Waals surface area contributed by atoms with Crippen LogP contribution in [0.5, 0.6) is 0 Å². The predicted octanol–water partition coefficient (Wildman–Crippen LogP) is 4.63. The minimum atomic E-state index is -0.658. The number of nitrogens with zero attached hydrogens (tertiary/aromatic N) is 4. The number of carbonyl (C=O) groups is 1. The van der Waals surface area contributed by atoms with Crippen molar-refractivity contribution in [2.45, 2.75) is 26.4 Å². The van der Waals surface area contributed by atoms with Crippen LogP contribution < -0.4 is 5.32 Å². The zero-order chi connectivity index (χ0) is 16.2. The van der Waals surface area contributed by atoms with Crippen molar-refractivity contribution in [1.29, 1.82) is 0 Å². The molecule has 0 aliphatic carbocycles. The summed E-state index contributed by atoms with van der Waals surface area (Å²) in [4.78, 5) is 18.7. The monoisotopic (exact) mass is 301 g/mol. The van der Waals surface area contributed by atoms with Crippen LogP contribution >= 0.6 is 0 Å². The van der Waals surface area contributed by atoms with Crippen molar-refractivity contribution in [1.82, 2.24) is 4.98 Å². The fourth-order valence-electron chi connectivity index (χ4n) is 1.64. The van der Waals surface area contributed by atoms with Gasteiger partial charge in [-0.2, -0.15) is 0 Å². The van der Waals surface area contributed by atoms with E-state index in [9.17, 15) is 4.79 Å². The van der Waals surface area contributed by atoms with Crippen LogP contribution in [0.1, 0.15) is 20.8 Å². The number of aromatic nitrogens is 1. The summed E-state index contributed by atoms with van der Waals surface area (Å²) in [6.07, 6.45) is 2.23.